The van der Waals surface area contributed by atoms with E-state index in [1.807, 2.05) is 27.7 Å². The number of rotatable bonds is 8. The molecule has 1 rings (SSSR count). The van der Waals surface area contributed by atoms with E-state index in [2.05, 4.69) is 25.9 Å². The summed E-state index contributed by atoms with van der Waals surface area (Å²) in [5, 5.41) is 9.87. The number of aliphatic imine (C=N–C) groups is 1. The lowest BCUT2D eigenvalue weighted by molar-refractivity contribution is -0.128. The van der Waals surface area contributed by atoms with Crippen molar-refractivity contribution in [1.82, 2.24) is 20.9 Å². The smallest absolute Gasteiger partial charge is 0.350 e. The minimum absolute atomic E-state index is 0. The summed E-state index contributed by atoms with van der Waals surface area (Å²) in [4.78, 5) is 33.5. The molecule has 0 aromatic carbocycles. The molecular weight excluding hydrogens is 493 g/mol. The first kappa shape index (κ1) is 26.6. The predicted molar refractivity (Wildman–Crippen MR) is 124 cm³/mol. The van der Waals surface area contributed by atoms with Gasteiger partial charge in [-0.25, -0.2) is 9.78 Å². The third-order valence-corrected chi connectivity index (χ3v) is 5.14. The van der Waals surface area contributed by atoms with Crippen LogP contribution in [-0.2, 0) is 9.53 Å². The minimum Gasteiger partial charge on any atom is -0.462 e. The number of hydrogen-bond donors (Lipinski definition) is 3. The average Bonchev–Trinajstić information content (AvgIpc) is 3.01. The van der Waals surface area contributed by atoms with Gasteiger partial charge >= 0.3 is 5.97 Å². The molecule has 10 heteroatoms. The van der Waals surface area contributed by atoms with E-state index in [4.69, 9.17) is 4.74 Å². The minimum atomic E-state index is -0.616. The lowest BCUT2D eigenvalue weighted by Gasteiger charge is -2.22. The quantitative estimate of drug-likeness (QED) is 0.209. The monoisotopic (exact) mass is 525 g/mol. The molecule has 0 radical (unpaired) electrons. The van der Waals surface area contributed by atoms with Gasteiger partial charge in [-0.1, -0.05) is 0 Å². The first-order valence-electron chi connectivity index (χ1n) is 9.07. The number of hydrogen-bond acceptors (Lipinski definition) is 6. The Morgan fingerprint density at radius 1 is 1.32 bits per heavy atom. The largest absolute Gasteiger partial charge is 0.462 e. The average molecular weight is 525 g/mol. The van der Waals surface area contributed by atoms with E-state index >= 15 is 0 Å². The number of aryl methyl sites for hydroxylation is 1. The van der Waals surface area contributed by atoms with Crippen LogP contribution in [0.25, 0.3) is 0 Å². The van der Waals surface area contributed by atoms with Crippen LogP contribution < -0.4 is 16.0 Å². The summed E-state index contributed by atoms with van der Waals surface area (Å²) in [7, 11) is 1.62. The van der Waals surface area contributed by atoms with Crippen molar-refractivity contribution >= 4 is 53.1 Å². The van der Waals surface area contributed by atoms with Crippen molar-refractivity contribution in [3.63, 3.8) is 0 Å². The molecule has 1 heterocycles. The molecule has 160 valence electrons. The van der Waals surface area contributed by atoms with Crippen LogP contribution in [0.5, 0.6) is 0 Å². The maximum Gasteiger partial charge on any atom is 0.350 e. The maximum absolute atomic E-state index is 12.0. The Morgan fingerprint density at radius 2 is 1.96 bits per heavy atom. The van der Waals surface area contributed by atoms with Crippen molar-refractivity contribution in [2.45, 2.75) is 47.6 Å². The summed E-state index contributed by atoms with van der Waals surface area (Å²) in [5.41, 5.74) is 0.0413. The van der Waals surface area contributed by atoms with Crippen LogP contribution >= 0.6 is 35.3 Å². The van der Waals surface area contributed by atoms with Crippen LogP contribution in [-0.4, -0.2) is 49.6 Å². The van der Waals surface area contributed by atoms with E-state index < -0.39 is 5.41 Å². The number of ether oxygens (including phenoxy) is 1. The molecule has 0 spiro atoms. The third kappa shape index (κ3) is 7.53. The molecular formula is C18H32IN5O3S. The number of aromatic nitrogens is 1. The Kier molecular flexibility index (Phi) is 11.6. The molecule has 1 atom stereocenters. The second-order valence-corrected chi connectivity index (χ2v) is 7.74. The highest BCUT2D eigenvalue weighted by atomic mass is 127. The number of guanidine groups is 1. The number of carbonyl (C=O) groups excluding carboxylic acids is 2. The molecule has 0 saturated carbocycles. The van der Waals surface area contributed by atoms with E-state index in [-0.39, 0.29) is 41.9 Å². The van der Waals surface area contributed by atoms with Gasteiger partial charge in [0.05, 0.1) is 30.3 Å². The zero-order chi connectivity index (χ0) is 20.6. The van der Waals surface area contributed by atoms with Crippen molar-refractivity contribution in [3.8, 4) is 0 Å². The van der Waals surface area contributed by atoms with Crippen molar-refractivity contribution in [3.05, 3.63) is 15.6 Å². The Bertz CT molecular complexity index is 691. The fourth-order valence-electron chi connectivity index (χ4n) is 2.26. The van der Waals surface area contributed by atoms with Gasteiger partial charge in [0.15, 0.2) is 5.96 Å². The summed E-state index contributed by atoms with van der Waals surface area (Å²) in [5.74, 6) is 0.177. The number of carbonyl (C=O) groups is 2. The molecule has 1 aromatic heterocycles. The van der Waals surface area contributed by atoms with E-state index in [9.17, 15) is 9.59 Å². The van der Waals surface area contributed by atoms with Gasteiger partial charge in [-0.15, -0.1) is 35.3 Å². The molecule has 0 fully saturated rings. The lowest BCUT2D eigenvalue weighted by atomic mass is 9.93. The number of nitrogens with zero attached hydrogens (tertiary/aromatic N) is 2. The molecule has 3 N–H and O–H groups in total. The molecule has 1 aromatic rings. The van der Waals surface area contributed by atoms with Crippen molar-refractivity contribution in [2.24, 2.45) is 10.4 Å². The molecule has 1 unspecified atom stereocenters. The van der Waals surface area contributed by atoms with Crippen LogP contribution in [0, 0.1) is 12.3 Å². The van der Waals surface area contributed by atoms with Crippen LogP contribution in [0.4, 0.5) is 0 Å². The maximum atomic E-state index is 12.0. The summed E-state index contributed by atoms with van der Waals surface area (Å²) in [6, 6.07) is -0.155. The predicted octanol–water partition coefficient (Wildman–Crippen LogP) is 2.63. The van der Waals surface area contributed by atoms with E-state index in [1.54, 1.807) is 20.9 Å². The van der Waals surface area contributed by atoms with Gasteiger partial charge in [-0.2, -0.15) is 0 Å². The molecule has 0 aliphatic heterocycles. The number of thiazole rings is 1. The Morgan fingerprint density at radius 3 is 2.50 bits per heavy atom. The fraction of sp³-hybridized carbons (Fsp3) is 0.667. The van der Waals surface area contributed by atoms with Gasteiger partial charge in [-0.3, -0.25) is 9.79 Å². The zero-order valence-electron chi connectivity index (χ0n) is 17.6. The highest BCUT2D eigenvalue weighted by Gasteiger charge is 2.26. The van der Waals surface area contributed by atoms with Gasteiger partial charge in [0.25, 0.3) is 0 Å². The van der Waals surface area contributed by atoms with Gasteiger partial charge < -0.3 is 20.7 Å². The molecule has 28 heavy (non-hydrogen) atoms. The van der Waals surface area contributed by atoms with Crippen molar-refractivity contribution < 1.29 is 14.3 Å². The Labute approximate surface area is 188 Å². The molecule has 0 aliphatic carbocycles. The van der Waals surface area contributed by atoms with Crippen molar-refractivity contribution in [2.75, 3.05) is 26.7 Å². The molecule has 8 nitrogen and oxygen atoms in total. The van der Waals surface area contributed by atoms with Gasteiger partial charge in [-0.05, 0) is 41.5 Å². The molecule has 0 saturated heterocycles. The van der Waals surface area contributed by atoms with Crippen LogP contribution in [0.2, 0.25) is 0 Å². The standard InChI is InChI=1S/C18H31N5O3S.HI/c1-8-20-17(21-10-18(5,6)16(25)19-7)23-12(4)14-22-11(3)13(27-14)15(24)26-9-2;/h12H,8-10H2,1-7H3,(H,19,25)(H2,20,21,23);1H. The highest BCUT2D eigenvalue weighted by molar-refractivity contribution is 14.0. The summed E-state index contributed by atoms with van der Waals surface area (Å²) in [6.07, 6.45) is 0. The van der Waals surface area contributed by atoms with Gasteiger partial charge in [0.1, 0.15) is 9.88 Å². The number of nitrogens with one attached hydrogen (secondary N) is 3. The molecule has 0 bridgehead atoms. The second-order valence-electron chi connectivity index (χ2n) is 6.71. The number of amides is 1. The molecule has 0 aliphatic rings. The Hall–Kier alpha value is -1.43. The van der Waals surface area contributed by atoms with E-state index in [0.717, 1.165) is 5.01 Å². The first-order chi connectivity index (χ1) is 12.7. The zero-order valence-corrected chi connectivity index (χ0v) is 20.8. The SMILES string of the molecule is CCNC(=NCC(C)(C)C(=O)NC)NC(C)c1nc(C)c(C(=O)OCC)s1.I. The van der Waals surface area contributed by atoms with E-state index in [0.29, 0.717) is 36.2 Å². The van der Waals surface area contributed by atoms with Crippen molar-refractivity contribution in [1.29, 1.82) is 0 Å². The van der Waals surface area contributed by atoms with Crippen LogP contribution in [0.1, 0.15) is 61.0 Å². The summed E-state index contributed by atoms with van der Waals surface area (Å²) in [6.45, 7) is 12.5. The van der Waals surface area contributed by atoms with Crippen LogP contribution in [0.3, 0.4) is 0 Å². The van der Waals surface area contributed by atoms with Crippen LogP contribution in [0.15, 0.2) is 4.99 Å². The third-order valence-electron chi connectivity index (χ3n) is 3.82. The first-order valence-corrected chi connectivity index (χ1v) is 9.89. The van der Waals surface area contributed by atoms with E-state index in [1.165, 1.54) is 11.3 Å². The van der Waals surface area contributed by atoms with Gasteiger partial charge in [0, 0.05) is 13.6 Å². The fourth-order valence-corrected chi connectivity index (χ4v) is 3.23. The molecule has 1 amide bonds. The van der Waals surface area contributed by atoms with Gasteiger partial charge in [0.2, 0.25) is 5.91 Å². The summed E-state index contributed by atoms with van der Waals surface area (Å²) < 4.78 is 5.07. The number of halogens is 1. The number of esters is 1. The lowest BCUT2D eigenvalue weighted by Crippen LogP contribution is -2.41. The topological polar surface area (TPSA) is 105 Å². The summed E-state index contributed by atoms with van der Waals surface area (Å²) >= 11 is 1.31. The highest BCUT2D eigenvalue weighted by Crippen LogP contribution is 2.24. The normalized spacial score (nSPS) is 12.6. The second kappa shape index (κ2) is 12.2. The Balaban J connectivity index is 0.00000729.